The van der Waals surface area contributed by atoms with E-state index in [1.165, 1.54) is 0 Å². The zero-order valence-electron chi connectivity index (χ0n) is 23.4. The van der Waals surface area contributed by atoms with Crippen LogP contribution < -0.4 is 14.8 Å². The Morgan fingerprint density at radius 2 is 1.65 bits per heavy atom. The number of ether oxygens (including phenoxy) is 1. The number of benzene rings is 4. The molecule has 0 unspecified atom stereocenters. The van der Waals surface area contributed by atoms with Crippen molar-refractivity contribution in [2.45, 2.75) is 30.4 Å². The molecule has 1 amide bonds. The fourth-order valence-electron chi connectivity index (χ4n) is 5.95. The molecular weight excluding hydrogens is 560 g/mol. The molecule has 9 heteroatoms. The molecule has 2 aromatic heterocycles. The number of amides is 1. The van der Waals surface area contributed by atoms with Gasteiger partial charge in [-0.3, -0.25) is 4.79 Å². The minimum absolute atomic E-state index is 0.0995. The highest BCUT2D eigenvalue weighted by molar-refractivity contribution is 7.89. The number of fused-ring (bicyclic) bond motifs is 4. The number of hydrogen-bond donors (Lipinski definition) is 4. The number of carbonyl (C=O) groups excluding carboxylic acids is 1. The van der Waals surface area contributed by atoms with Crippen molar-refractivity contribution in [3.8, 4) is 5.75 Å². The van der Waals surface area contributed by atoms with Gasteiger partial charge in [0.1, 0.15) is 18.1 Å². The first-order valence-electron chi connectivity index (χ1n) is 14.1. The molecule has 3 heterocycles. The Labute approximate surface area is 249 Å². The lowest BCUT2D eigenvalue weighted by molar-refractivity contribution is 0.0950. The summed E-state index contributed by atoms with van der Waals surface area (Å²) in [5.74, 6) is -0.0978. The minimum atomic E-state index is -3.92. The average Bonchev–Trinajstić information content (AvgIpc) is 3.58. The van der Waals surface area contributed by atoms with Crippen LogP contribution in [0.4, 0.5) is 0 Å². The molecule has 0 fully saturated rings. The molecule has 0 radical (unpaired) electrons. The van der Waals surface area contributed by atoms with E-state index in [1.54, 1.807) is 24.3 Å². The number of para-hydroxylation sites is 1. The molecule has 6 aromatic rings. The van der Waals surface area contributed by atoms with Gasteiger partial charge in [0, 0.05) is 40.5 Å². The SMILES string of the molecule is Cc1ccc(S(=O)(=O)N[C@H]2CNC(=O)c3[nH]c4ccccc4c3[C@@H]2c2c[nH]c3ccc(OCc4ccccc4)cc23)cc1. The second-order valence-electron chi connectivity index (χ2n) is 10.9. The molecule has 0 bridgehead atoms. The Morgan fingerprint density at radius 3 is 2.47 bits per heavy atom. The summed E-state index contributed by atoms with van der Waals surface area (Å²) < 4.78 is 36.5. The van der Waals surface area contributed by atoms with Crippen molar-refractivity contribution < 1.29 is 17.9 Å². The molecule has 2 atom stereocenters. The largest absolute Gasteiger partial charge is 0.489 e. The van der Waals surface area contributed by atoms with Crippen molar-refractivity contribution >= 4 is 37.7 Å². The van der Waals surface area contributed by atoms with Gasteiger partial charge in [0.25, 0.3) is 5.91 Å². The second-order valence-corrected chi connectivity index (χ2v) is 12.6. The molecule has 4 N–H and O–H groups in total. The first-order valence-corrected chi connectivity index (χ1v) is 15.6. The van der Waals surface area contributed by atoms with Crippen LogP contribution >= 0.6 is 0 Å². The van der Waals surface area contributed by atoms with Crippen molar-refractivity contribution in [3.63, 3.8) is 0 Å². The van der Waals surface area contributed by atoms with Crippen LogP contribution in [0.3, 0.4) is 0 Å². The van der Waals surface area contributed by atoms with E-state index in [4.69, 9.17) is 4.74 Å². The maximum absolute atomic E-state index is 13.7. The number of carbonyl (C=O) groups is 1. The van der Waals surface area contributed by atoms with Crippen LogP contribution in [0.2, 0.25) is 0 Å². The number of aromatic nitrogens is 2. The van der Waals surface area contributed by atoms with E-state index in [1.807, 2.05) is 85.9 Å². The Bertz CT molecular complexity index is 2060. The summed E-state index contributed by atoms with van der Waals surface area (Å²) in [6.07, 6.45) is 1.91. The zero-order valence-corrected chi connectivity index (χ0v) is 24.2. The van der Waals surface area contributed by atoms with Crippen molar-refractivity contribution in [1.29, 1.82) is 0 Å². The van der Waals surface area contributed by atoms with Crippen LogP contribution in [0.15, 0.2) is 108 Å². The highest BCUT2D eigenvalue weighted by Crippen LogP contribution is 2.41. The lowest BCUT2D eigenvalue weighted by Crippen LogP contribution is -2.45. The van der Waals surface area contributed by atoms with E-state index < -0.39 is 22.0 Å². The van der Waals surface area contributed by atoms with E-state index in [9.17, 15) is 13.2 Å². The molecule has 0 spiro atoms. The molecule has 1 aliphatic rings. The van der Waals surface area contributed by atoms with Crippen molar-refractivity contribution in [3.05, 3.63) is 131 Å². The lowest BCUT2D eigenvalue weighted by Gasteiger charge is -2.27. The molecule has 0 saturated heterocycles. The normalized spacial score (nSPS) is 17.0. The molecule has 216 valence electrons. The molecule has 0 saturated carbocycles. The molecule has 4 aromatic carbocycles. The predicted octanol–water partition coefficient (Wildman–Crippen LogP) is 5.76. The Kier molecular flexibility index (Phi) is 6.76. The summed E-state index contributed by atoms with van der Waals surface area (Å²) in [6, 6.07) is 29.6. The van der Waals surface area contributed by atoms with Crippen LogP contribution in [-0.2, 0) is 16.6 Å². The topological polar surface area (TPSA) is 116 Å². The lowest BCUT2D eigenvalue weighted by atomic mass is 9.84. The standard InChI is InChI=1S/C34H30N4O4S/c1-21-11-14-24(15-12-21)43(40,41)38-30-19-36-34(39)33-32(25-9-5-6-10-29(25)37-33)31(30)27-18-35-28-16-13-23(17-26(27)28)42-20-22-7-3-2-4-8-22/h2-18,30-31,35,37-38H,19-20H2,1H3,(H,36,39)/t30-,31+/m0/s1. The summed E-state index contributed by atoms with van der Waals surface area (Å²) in [5.41, 5.74) is 5.74. The highest BCUT2D eigenvalue weighted by atomic mass is 32.2. The van der Waals surface area contributed by atoms with Crippen molar-refractivity contribution in [2.75, 3.05) is 6.54 Å². The van der Waals surface area contributed by atoms with Gasteiger partial charge in [-0.2, -0.15) is 0 Å². The van der Waals surface area contributed by atoms with Crippen molar-refractivity contribution in [2.24, 2.45) is 0 Å². The van der Waals surface area contributed by atoms with Gasteiger partial charge in [-0.25, -0.2) is 13.1 Å². The van der Waals surface area contributed by atoms with E-state index >= 15 is 0 Å². The summed E-state index contributed by atoms with van der Waals surface area (Å²) in [7, 11) is -3.92. The van der Waals surface area contributed by atoms with Gasteiger partial charge < -0.3 is 20.0 Å². The molecule has 43 heavy (non-hydrogen) atoms. The summed E-state index contributed by atoms with van der Waals surface area (Å²) in [5, 5.41) is 4.71. The molecule has 7 rings (SSSR count). The van der Waals surface area contributed by atoms with Crippen LogP contribution in [0.5, 0.6) is 5.75 Å². The van der Waals surface area contributed by atoms with Gasteiger partial charge >= 0.3 is 0 Å². The second kappa shape index (κ2) is 10.8. The van der Waals surface area contributed by atoms with E-state index in [0.29, 0.717) is 18.1 Å². The smallest absolute Gasteiger partial charge is 0.268 e. The first kappa shape index (κ1) is 27.0. The van der Waals surface area contributed by atoms with Gasteiger partial charge in [-0.15, -0.1) is 0 Å². The third kappa shape index (κ3) is 5.07. The molecular formula is C34H30N4O4S. The number of nitrogens with one attached hydrogen (secondary N) is 4. The predicted molar refractivity (Wildman–Crippen MR) is 167 cm³/mol. The van der Waals surface area contributed by atoms with Gasteiger partial charge in [0.15, 0.2) is 0 Å². The highest BCUT2D eigenvalue weighted by Gasteiger charge is 2.38. The van der Waals surface area contributed by atoms with Gasteiger partial charge in [-0.1, -0.05) is 66.2 Å². The van der Waals surface area contributed by atoms with Gasteiger partial charge in [0.2, 0.25) is 10.0 Å². The number of aromatic amines is 2. The quantitative estimate of drug-likeness (QED) is 0.189. The van der Waals surface area contributed by atoms with E-state index in [0.717, 1.165) is 44.1 Å². The Balaban J connectivity index is 1.36. The van der Waals surface area contributed by atoms with Crippen LogP contribution in [-0.4, -0.2) is 36.9 Å². The maximum atomic E-state index is 13.7. The van der Waals surface area contributed by atoms with Crippen LogP contribution in [0.1, 0.15) is 38.7 Å². The Hall–Kier alpha value is -4.86. The summed E-state index contributed by atoms with van der Waals surface area (Å²) in [6.45, 7) is 2.43. The fourth-order valence-corrected chi connectivity index (χ4v) is 7.20. The minimum Gasteiger partial charge on any atom is -0.489 e. The number of rotatable bonds is 7. The van der Waals surface area contributed by atoms with Crippen molar-refractivity contribution in [1.82, 2.24) is 20.0 Å². The summed E-state index contributed by atoms with van der Waals surface area (Å²) >= 11 is 0. The Morgan fingerprint density at radius 1 is 0.884 bits per heavy atom. The van der Waals surface area contributed by atoms with Gasteiger partial charge in [-0.05, 0) is 60.0 Å². The maximum Gasteiger partial charge on any atom is 0.268 e. The third-order valence-corrected chi connectivity index (χ3v) is 9.58. The number of hydrogen-bond acceptors (Lipinski definition) is 4. The van der Waals surface area contributed by atoms with Gasteiger partial charge in [0.05, 0.1) is 10.9 Å². The van der Waals surface area contributed by atoms with E-state index in [2.05, 4.69) is 20.0 Å². The molecule has 8 nitrogen and oxygen atoms in total. The number of sulfonamides is 1. The molecule has 0 aliphatic carbocycles. The summed E-state index contributed by atoms with van der Waals surface area (Å²) in [4.78, 5) is 20.2. The number of H-pyrrole nitrogens is 2. The first-order chi connectivity index (χ1) is 20.9. The fraction of sp³-hybridized carbons (Fsp3) is 0.147. The van der Waals surface area contributed by atoms with Crippen LogP contribution in [0, 0.1) is 6.92 Å². The monoisotopic (exact) mass is 590 g/mol. The van der Waals surface area contributed by atoms with Crippen LogP contribution in [0.25, 0.3) is 21.8 Å². The molecule has 1 aliphatic heterocycles. The zero-order chi connectivity index (χ0) is 29.6. The third-order valence-electron chi connectivity index (χ3n) is 8.08. The number of aryl methyl sites for hydroxylation is 1. The average molecular weight is 591 g/mol. The van der Waals surface area contributed by atoms with E-state index in [-0.39, 0.29) is 17.3 Å².